The number of piperazine rings is 1. The molecule has 1 aliphatic carbocycles. The van der Waals surface area contributed by atoms with Crippen LogP contribution in [0.2, 0.25) is 5.02 Å². The first kappa shape index (κ1) is 23.6. The molecule has 0 radical (unpaired) electrons. The van der Waals surface area contributed by atoms with E-state index in [1.165, 1.54) is 4.90 Å². The molecule has 8 nitrogen and oxygen atoms in total. The van der Waals surface area contributed by atoms with E-state index in [4.69, 9.17) is 16.3 Å². The van der Waals surface area contributed by atoms with Crippen molar-refractivity contribution in [1.82, 2.24) is 20.0 Å². The Hall–Kier alpha value is -2.58. The Balaban J connectivity index is 1.62. The number of benzene rings is 1. The van der Waals surface area contributed by atoms with Gasteiger partial charge in [0, 0.05) is 55.9 Å². The minimum atomic E-state index is -0.629. The highest BCUT2D eigenvalue weighted by Crippen LogP contribution is 2.34. The van der Waals surface area contributed by atoms with Crippen molar-refractivity contribution in [3.8, 4) is 0 Å². The molecule has 0 spiro atoms. The molecule has 2 aliphatic heterocycles. The Labute approximate surface area is 199 Å². The van der Waals surface area contributed by atoms with E-state index < -0.39 is 12.0 Å². The van der Waals surface area contributed by atoms with Crippen LogP contribution in [0.3, 0.4) is 0 Å². The largest absolute Gasteiger partial charge is 0.463 e. The fraction of sp³-hybridized carbons (Fsp3) is 0.542. The van der Waals surface area contributed by atoms with Crippen molar-refractivity contribution >= 4 is 29.5 Å². The molecule has 1 N–H and O–H groups in total. The number of ether oxygens (including phenoxy) is 1. The standard InChI is InChI=1S/C24H31ClN4O4/c1-4-33-23(31)20-19(14-28-11-12-29(15(2)13-28)22(30)17-5-6-17)27(3)24(32)26-21(20)16-7-9-18(25)10-8-16/h7-10,15,17,21H,4-6,11-14H2,1-3H3,(H,26,32)/t15-,21-/m1/s1. The second kappa shape index (κ2) is 9.73. The van der Waals surface area contributed by atoms with Gasteiger partial charge in [-0.05, 0) is 44.4 Å². The molecule has 0 bridgehead atoms. The number of amides is 3. The zero-order chi connectivity index (χ0) is 23.7. The molecule has 9 heteroatoms. The van der Waals surface area contributed by atoms with Gasteiger partial charge >= 0.3 is 12.0 Å². The maximum atomic E-state index is 13.1. The van der Waals surface area contributed by atoms with Crippen LogP contribution in [0.1, 0.15) is 38.3 Å². The minimum absolute atomic E-state index is 0.0771. The molecule has 1 aromatic carbocycles. The summed E-state index contributed by atoms with van der Waals surface area (Å²) in [6, 6.07) is 6.25. The van der Waals surface area contributed by atoms with Gasteiger partial charge in [-0.3, -0.25) is 14.6 Å². The molecule has 1 aromatic rings. The van der Waals surface area contributed by atoms with Gasteiger partial charge in [0.25, 0.3) is 0 Å². The predicted octanol–water partition coefficient (Wildman–Crippen LogP) is 2.80. The Kier molecular flexibility index (Phi) is 6.95. The summed E-state index contributed by atoms with van der Waals surface area (Å²) in [5, 5.41) is 3.50. The van der Waals surface area contributed by atoms with Gasteiger partial charge in [-0.15, -0.1) is 0 Å². The second-order valence-corrected chi connectivity index (χ2v) is 9.40. The molecule has 33 heavy (non-hydrogen) atoms. The number of rotatable bonds is 6. The predicted molar refractivity (Wildman–Crippen MR) is 124 cm³/mol. The third-order valence-corrected chi connectivity index (χ3v) is 6.82. The second-order valence-electron chi connectivity index (χ2n) is 8.96. The Morgan fingerprint density at radius 3 is 2.48 bits per heavy atom. The van der Waals surface area contributed by atoms with Gasteiger partial charge in [-0.25, -0.2) is 9.59 Å². The zero-order valence-corrected chi connectivity index (χ0v) is 20.1. The van der Waals surface area contributed by atoms with Crippen molar-refractivity contribution < 1.29 is 19.1 Å². The molecule has 3 amide bonds. The fourth-order valence-electron chi connectivity index (χ4n) is 4.58. The van der Waals surface area contributed by atoms with E-state index in [1.807, 2.05) is 4.90 Å². The molecule has 178 valence electrons. The number of urea groups is 1. The average Bonchev–Trinajstić information content (AvgIpc) is 3.62. The summed E-state index contributed by atoms with van der Waals surface area (Å²) in [7, 11) is 1.66. The number of halogens is 1. The van der Waals surface area contributed by atoms with Crippen molar-refractivity contribution in [2.24, 2.45) is 5.92 Å². The lowest BCUT2D eigenvalue weighted by Crippen LogP contribution is -2.56. The van der Waals surface area contributed by atoms with Crippen LogP contribution in [-0.2, 0) is 14.3 Å². The van der Waals surface area contributed by atoms with E-state index >= 15 is 0 Å². The quantitative estimate of drug-likeness (QED) is 0.641. The topological polar surface area (TPSA) is 82.2 Å². The molecule has 2 heterocycles. The number of carbonyl (C=O) groups excluding carboxylic acids is 3. The van der Waals surface area contributed by atoms with E-state index in [-0.39, 0.29) is 30.5 Å². The van der Waals surface area contributed by atoms with Gasteiger partial charge in [0.2, 0.25) is 5.91 Å². The lowest BCUT2D eigenvalue weighted by molar-refractivity contribution is -0.139. The molecule has 4 rings (SSSR count). The van der Waals surface area contributed by atoms with Crippen LogP contribution in [0.25, 0.3) is 0 Å². The molecule has 3 aliphatic rings. The summed E-state index contributed by atoms with van der Waals surface area (Å²) in [5.41, 5.74) is 1.80. The molecule has 2 atom stereocenters. The van der Waals surface area contributed by atoms with Crippen LogP contribution in [0.4, 0.5) is 4.79 Å². The minimum Gasteiger partial charge on any atom is -0.463 e. The molecule has 0 unspecified atom stereocenters. The highest BCUT2D eigenvalue weighted by atomic mass is 35.5. The van der Waals surface area contributed by atoms with Crippen LogP contribution >= 0.6 is 11.6 Å². The molecular weight excluding hydrogens is 444 g/mol. The van der Waals surface area contributed by atoms with Crippen LogP contribution in [0.15, 0.2) is 35.5 Å². The van der Waals surface area contributed by atoms with Crippen molar-refractivity contribution in [2.75, 3.05) is 39.8 Å². The molecule has 2 fully saturated rings. The normalized spacial score (nSPS) is 24.1. The average molecular weight is 475 g/mol. The summed E-state index contributed by atoms with van der Waals surface area (Å²) in [4.78, 5) is 44.2. The van der Waals surface area contributed by atoms with E-state index in [0.717, 1.165) is 18.4 Å². The summed E-state index contributed by atoms with van der Waals surface area (Å²) < 4.78 is 5.39. The summed E-state index contributed by atoms with van der Waals surface area (Å²) in [5.74, 6) is 0.00544. The van der Waals surface area contributed by atoms with Crippen LogP contribution in [0.5, 0.6) is 0 Å². The first-order valence-corrected chi connectivity index (χ1v) is 11.9. The fourth-order valence-corrected chi connectivity index (χ4v) is 4.71. The highest BCUT2D eigenvalue weighted by Gasteiger charge is 2.40. The first-order valence-electron chi connectivity index (χ1n) is 11.5. The van der Waals surface area contributed by atoms with E-state index in [9.17, 15) is 14.4 Å². The Morgan fingerprint density at radius 2 is 1.88 bits per heavy atom. The monoisotopic (exact) mass is 474 g/mol. The van der Waals surface area contributed by atoms with Crippen LogP contribution in [0, 0.1) is 5.92 Å². The molecule has 1 saturated carbocycles. The number of nitrogens with zero attached hydrogens (tertiary/aromatic N) is 3. The van der Waals surface area contributed by atoms with Gasteiger partial charge < -0.3 is 15.0 Å². The molecular formula is C24H31ClN4O4. The van der Waals surface area contributed by atoms with Crippen molar-refractivity contribution in [3.05, 3.63) is 46.1 Å². The summed E-state index contributed by atoms with van der Waals surface area (Å²) >= 11 is 6.05. The van der Waals surface area contributed by atoms with E-state index in [2.05, 4.69) is 17.1 Å². The highest BCUT2D eigenvalue weighted by molar-refractivity contribution is 6.30. The lowest BCUT2D eigenvalue weighted by atomic mass is 9.94. The van der Waals surface area contributed by atoms with Crippen molar-refractivity contribution in [3.63, 3.8) is 0 Å². The third-order valence-electron chi connectivity index (χ3n) is 6.57. The molecule has 0 aromatic heterocycles. The van der Waals surface area contributed by atoms with Gasteiger partial charge in [0.05, 0.1) is 18.2 Å². The van der Waals surface area contributed by atoms with Crippen molar-refractivity contribution in [2.45, 2.75) is 38.8 Å². The van der Waals surface area contributed by atoms with Gasteiger partial charge in [-0.1, -0.05) is 23.7 Å². The van der Waals surface area contributed by atoms with Crippen LogP contribution < -0.4 is 5.32 Å². The SMILES string of the molecule is CCOC(=O)C1=C(CN2CCN(C(=O)C3CC3)[C@H](C)C2)N(C)C(=O)N[C@@H]1c1ccc(Cl)cc1. The van der Waals surface area contributed by atoms with E-state index in [1.54, 1.807) is 38.2 Å². The number of nitrogens with one attached hydrogen (secondary N) is 1. The van der Waals surface area contributed by atoms with Crippen molar-refractivity contribution in [1.29, 1.82) is 0 Å². The Bertz CT molecular complexity index is 960. The molecule has 1 saturated heterocycles. The number of esters is 1. The van der Waals surface area contributed by atoms with Gasteiger partial charge in [0.15, 0.2) is 0 Å². The number of likely N-dealkylation sites (N-methyl/N-ethyl adjacent to an activating group) is 1. The number of carbonyl (C=O) groups is 3. The maximum Gasteiger partial charge on any atom is 0.338 e. The van der Waals surface area contributed by atoms with Crippen LogP contribution in [-0.4, -0.2) is 78.5 Å². The number of hydrogen-bond acceptors (Lipinski definition) is 5. The van der Waals surface area contributed by atoms with Gasteiger partial charge in [0.1, 0.15) is 0 Å². The third kappa shape index (κ3) is 5.01. The lowest BCUT2D eigenvalue weighted by Gasteiger charge is -2.42. The summed E-state index contributed by atoms with van der Waals surface area (Å²) in [6.45, 7) is 6.48. The number of hydrogen-bond donors (Lipinski definition) is 1. The maximum absolute atomic E-state index is 13.1. The zero-order valence-electron chi connectivity index (χ0n) is 19.3. The Morgan fingerprint density at radius 1 is 1.18 bits per heavy atom. The van der Waals surface area contributed by atoms with Gasteiger partial charge in [-0.2, -0.15) is 0 Å². The van der Waals surface area contributed by atoms with E-state index in [0.29, 0.717) is 42.5 Å². The smallest absolute Gasteiger partial charge is 0.338 e. The summed E-state index contributed by atoms with van der Waals surface area (Å²) in [6.07, 6.45) is 1.99. The first-order chi connectivity index (χ1) is 15.8.